The lowest BCUT2D eigenvalue weighted by Crippen LogP contribution is -2.00. The minimum atomic E-state index is 0.495. The fourth-order valence-corrected chi connectivity index (χ4v) is 1.91. The number of anilines is 1. The molecule has 0 spiro atoms. The Labute approximate surface area is 121 Å². The number of rotatable bonds is 6. The molecule has 3 nitrogen and oxygen atoms in total. The third-order valence-corrected chi connectivity index (χ3v) is 3.05. The van der Waals surface area contributed by atoms with Crippen LogP contribution in [0.3, 0.4) is 0 Å². The lowest BCUT2D eigenvalue weighted by atomic mass is 10.0. The molecular formula is C17H22N2O. The van der Waals surface area contributed by atoms with Gasteiger partial charge in [0.2, 0.25) is 0 Å². The standard InChI is InChI=1S/C17H22N2O/c1-4-8-19-15-10-17(12-18-11-15)20-16-7-5-6-14(9-16)13(2)3/h5-7,9-13,19H,4,8H2,1-3H3. The van der Waals surface area contributed by atoms with Crippen molar-refractivity contribution >= 4 is 5.69 Å². The summed E-state index contributed by atoms with van der Waals surface area (Å²) in [6, 6.07) is 10.2. The largest absolute Gasteiger partial charge is 0.456 e. The zero-order valence-electron chi connectivity index (χ0n) is 12.4. The van der Waals surface area contributed by atoms with Crippen LogP contribution in [0.25, 0.3) is 0 Å². The van der Waals surface area contributed by atoms with E-state index >= 15 is 0 Å². The van der Waals surface area contributed by atoms with Crippen molar-refractivity contribution in [2.45, 2.75) is 33.1 Å². The van der Waals surface area contributed by atoms with E-state index in [0.29, 0.717) is 5.92 Å². The summed E-state index contributed by atoms with van der Waals surface area (Å²) in [7, 11) is 0. The first-order chi connectivity index (χ1) is 9.69. The van der Waals surface area contributed by atoms with Gasteiger partial charge in [-0.2, -0.15) is 0 Å². The van der Waals surface area contributed by atoms with Crippen molar-refractivity contribution in [3.63, 3.8) is 0 Å². The van der Waals surface area contributed by atoms with Gasteiger partial charge in [-0.25, -0.2) is 0 Å². The van der Waals surface area contributed by atoms with Crippen molar-refractivity contribution < 1.29 is 4.74 Å². The fourth-order valence-electron chi connectivity index (χ4n) is 1.91. The van der Waals surface area contributed by atoms with Gasteiger partial charge >= 0.3 is 0 Å². The average Bonchev–Trinajstić information content (AvgIpc) is 2.46. The van der Waals surface area contributed by atoms with Gasteiger partial charge in [-0.05, 0) is 30.0 Å². The maximum absolute atomic E-state index is 5.89. The highest BCUT2D eigenvalue weighted by Gasteiger charge is 2.03. The normalized spacial score (nSPS) is 10.6. The van der Waals surface area contributed by atoms with Crippen molar-refractivity contribution in [1.29, 1.82) is 0 Å². The fraction of sp³-hybridized carbons (Fsp3) is 0.353. The third-order valence-electron chi connectivity index (χ3n) is 3.05. The molecule has 106 valence electrons. The quantitative estimate of drug-likeness (QED) is 0.817. The van der Waals surface area contributed by atoms with Crippen LogP contribution in [-0.4, -0.2) is 11.5 Å². The number of aromatic nitrogens is 1. The Morgan fingerprint density at radius 2 is 2.00 bits per heavy atom. The molecule has 0 unspecified atom stereocenters. The second kappa shape index (κ2) is 6.94. The van der Waals surface area contributed by atoms with E-state index in [-0.39, 0.29) is 0 Å². The number of pyridine rings is 1. The van der Waals surface area contributed by atoms with Gasteiger partial charge in [-0.3, -0.25) is 4.98 Å². The molecule has 2 rings (SSSR count). The molecular weight excluding hydrogens is 248 g/mol. The summed E-state index contributed by atoms with van der Waals surface area (Å²) in [5.41, 5.74) is 2.26. The summed E-state index contributed by atoms with van der Waals surface area (Å²) >= 11 is 0. The molecule has 1 N–H and O–H groups in total. The molecule has 0 amide bonds. The Morgan fingerprint density at radius 1 is 1.15 bits per heavy atom. The Kier molecular flexibility index (Phi) is 4.99. The summed E-state index contributed by atoms with van der Waals surface area (Å²) < 4.78 is 5.89. The summed E-state index contributed by atoms with van der Waals surface area (Å²) in [5, 5.41) is 3.31. The number of hydrogen-bond donors (Lipinski definition) is 1. The highest BCUT2D eigenvalue weighted by molar-refractivity contribution is 5.46. The maximum atomic E-state index is 5.89. The van der Waals surface area contributed by atoms with Gasteiger partial charge in [0.15, 0.2) is 0 Å². The average molecular weight is 270 g/mol. The molecule has 0 atom stereocenters. The zero-order chi connectivity index (χ0) is 14.4. The molecule has 0 saturated heterocycles. The zero-order valence-corrected chi connectivity index (χ0v) is 12.4. The van der Waals surface area contributed by atoms with Gasteiger partial charge in [0, 0.05) is 12.6 Å². The van der Waals surface area contributed by atoms with Crippen molar-refractivity contribution in [3.8, 4) is 11.5 Å². The number of hydrogen-bond acceptors (Lipinski definition) is 3. The first-order valence-corrected chi connectivity index (χ1v) is 7.15. The van der Waals surface area contributed by atoms with E-state index in [9.17, 15) is 0 Å². The van der Waals surface area contributed by atoms with Gasteiger partial charge in [0.1, 0.15) is 11.5 Å². The predicted molar refractivity (Wildman–Crippen MR) is 83.6 cm³/mol. The Hall–Kier alpha value is -2.03. The number of benzene rings is 1. The Morgan fingerprint density at radius 3 is 2.75 bits per heavy atom. The lowest BCUT2D eigenvalue weighted by molar-refractivity contribution is 0.479. The van der Waals surface area contributed by atoms with E-state index in [4.69, 9.17) is 4.74 Å². The first-order valence-electron chi connectivity index (χ1n) is 7.15. The summed E-state index contributed by atoms with van der Waals surface area (Å²) in [4.78, 5) is 4.20. The van der Waals surface area contributed by atoms with Gasteiger partial charge in [-0.15, -0.1) is 0 Å². The molecule has 20 heavy (non-hydrogen) atoms. The highest BCUT2D eigenvalue weighted by Crippen LogP contribution is 2.26. The number of ether oxygens (including phenoxy) is 1. The third kappa shape index (κ3) is 3.98. The Bertz CT molecular complexity index is 552. The van der Waals surface area contributed by atoms with Gasteiger partial charge in [0.25, 0.3) is 0 Å². The number of nitrogens with one attached hydrogen (secondary N) is 1. The van der Waals surface area contributed by atoms with Crippen LogP contribution in [0.2, 0.25) is 0 Å². The lowest BCUT2D eigenvalue weighted by Gasteiger charge is -2.11. The van der Waals surface area contributed by atoms with Crippen molar-refractivity contribution in [3.05, 3.63) is 48.3 Å². The topological polar surface area (TPSA) is 34.2 Å². The molecule has 2 aromatic rings. The van der Waals surface area contributed by atoms with E-state index in [0.717, 1.165) is 30.2 Å². The smallest absolute Gasteiger partial charge is 0.147 e. The molecule has 0 aliphatic heterocycles. The SMILES string of the molecule is CCCNc1cncc(Oc2cccc(C(C)C)c2)c1. The van der Waals surface area contributed by atoms with Crippen LogP contribution >= 0.6 is 0 Å². The predicted octanol–water partition coefficient (Wildman–Crippen LogP) is 4.82. The van der Waals surface area contributed by atoms with Crippen LogP contribution in [0.15, 0.2) is 42.7 Å². The molecule has 0 aliphatic carbocycles. The van der Waals surface area contributed by atoms with Crippen LogP contribution < -0.4 is 10.1 Å². The molecule has 0 saturated carbocycles. The molecule has 0 fully saturated rings. The minimum Gasteiger partial charge on any atom is -0.456 e. The van der Waals surface area contributed by atoms with E-state index in [1.165, 1.54) is 5.56 Å². The molecule has 3 heteroatoms. The highest BCUT2D eigenvalue weighted by atomic mass is 16.5. The molecule has 0 radical (unpaired) electrons. The van der Waals surface area contributed by atoms with Crippen molar-refractivity contribution in [1.82, 2.24) is 4.98 Å². The molecule has 1 aromatic carbocycles. The van der Waals surface area contributed by atoms with Crippen LogP contribution in [-0.2, 0) is 0 Å². The van der Waals surface area contributed by atoms with Crippen LogP contribution in [0.4, 0.5) is 5.69 Å². The van der Waals surface area contributed by atoms with E-state index in [1.807, 2.05) is 24.4 Å². The summed E-state index contributed by atoms with van der Waals surface area (Å²) in [6.45, 7) is 7.43. The van der Waals surface area contributed by atoms with Gasteiger partial charge in [-0.1, -0.05) is 32.9 Å². The second-order valence-electron chi connectivity index (χ2n) is 5.17. The first kappa shape index (κ1) is 14.4. The second-order valence-corrected chi connectivity index (χ2v) is 5.17. The number of nitrogens with zero attached hydrogens (tertiary/aromatic N) is 1. The summed E-state index contributed by atoms with van der Waals surface area (Å²) in [5.74, 6) is 2.10. The molecule has 0 aliphatic rings. The monoisotopic (exact) mass is 270 g/mol. The van der Waals surface area contributed by atoms with Crippen LogP contribution in [0.1, 0.15) is 38.7 Å². The van der Waals surface area contributed by atoms with Gasteiger partial charge in [0.05, 0.1) is 18.1 Å². The van der Waals surface area contributed by atoms with Crippen molar-refractivity contribution in [2.75, 3.05) is 11.9 Å². The van der Waals surface area contributed by atoms with E-state index in [1.54, 1.807) is 6.20 Å². The van der Waals surface area contributed by atoms with Gasteiger partial charge < -0.3 is 10.1 Å². The van der Waals surface area contributed by atoms with E-state index in [2.05, 4.69) is 43.2 Å². The molecule has 0 bridgehead atoms. The van der Waals surface area contributed by atoms with Crippen molar-refractivity contribution in [2.24, 2.45) is 0 Å². The van der Waals surface area contributed by atoms with E-state index < -0.39 is 0 Å². The minimum absolute atomic E-state index is 0.495. The Balaban J connectivity index is 2.11. The van der Waals surface area contributed by atoms with Crippen LogP contribution in [0, 0.1) is 0 Å². The summed E-state index contributed by atoms with van der Waals surface area (Å²) in [6.07, 6.45) is 4.63. The van der Waals surface area contributed by atoms with Crippen LogP contribution in [0.5, 0.6) is 11.5 Å². The molecule has 1 aromatic heterocycles. The maximum Gasteiger partial charge on any atom is 0.147 e. The molecule has 1 heterocycles.